The second-order valence-electron chi connectivity index (χ2n) is 6.96. The van der Waals surface area contributed by atoms with Crippen LogP contribution in [-0.2, 0) is 20.2 Å². The second-order valence-corrected chi connectivity index (χ2v) is 10.8. The Labute approximate surface area is 191 Å². The van der Waals surface area contributed by atoms with Crippen LogP contribution in [0.5, 0.6) is 0 Å². The lowest BCUT2D eigenvalue weighted by Crippen LogP contribution is -2.05. The third-order valence-electron chi connectivity index (χ3n) is 4.63. The molecule has 0 bridgehead atoms. The number of fused-ring (bicyclic) bond motifs is 1. The number of hydrogen-bond acceptors (Lipinski definition) is 10. The summed E-state index contributed by atoms with van der Waals surface area (Å²) >= 11 is 1.07. The number of aromatic nitrogens is 3. The van der Waals surface area contributed by atoms with Crippen LogP contribution in [-0.4, -0.2) is 40.7 Å². The first-order valence-corrected chi connectivity index (χ1v) is 12.8. The molecule has 2 aromatic heterocycles. The first-order valence-electron chi connectivity index (χ1n) is 9.08. The van der Waals surface area contributed by atoms with Crippen LogP contribution in [0.3, 0.4) is 0 Å². The average Bonchev–Trinajstić information content (AvgIpc) is 3.24. The van der Waals surface area contributed by atoms with Gasteiger partial charge in [0.05, 0.1) is 31.4 Å². The third kappa shape index (κ3) is 4.49. The van der Waals surface area contributed by atoms with Crippen LogP contribution in [0.1, 0.15) is 11.3 Å². The van der Waals surface area contributed by atoms with Crippen LogP contribution < -0.4 is 5.73 Å². The Bertz CT molecular complexity index is 1650. The zero-order chi connectivity index (χ0) is 24.1. The fourth-order valence-electron chi connectivity index (χ4n) is 3.10. The molecule has 0 radical (unpaired) electrons. The maximum atomic E-state index is 11.4. The topological polar surface area (TPSA) is 190 Å². The van der Waals surface area contributed by atoms with E-state index < -0.39 is 20.2 Å². The van der Waals surface area contributed by atoms with Crippen molar-refractivity contribution in [3.63, 3.8) is 0 Å². The molecule has 0 saturated heterocycles. The van der Waals surface area contributed by atoms with Crippen molar-refractivity contribution < 1.29 is 25.9 Å². The lowest BCUT2D eigenvalue weighted by atomic mass is 10.2. The number of aryl methyl sites for hydroxylation is 2. The second kappa shape index (κ2) is 7.96. The lowest BCUT2D eigenvalue weighted by Gasteiger charge is -2.07. The summed E-state index contributed by atoms with van der Waals surface area (Å²) in [6.45, 7) is 3.19. The van der Waals surface area contributed by atoms with E-state index in [1.807, 2.05) is 0 Å². The minimum atomic E-state index is -4.35. The van der Waals surface area contributed by atoms with Crippen LogP contribution in [0.15, 0.2) is 56.4 Å². The number of nitrogen functional groups attached to an aromatic ring is 1. The highest BCUT2D eigenvalue weighted by atomic mass is 32.2. The number of azo groups is 1. The molecule has 2 heterocycles. The zero-order valence-electron chi connectivity index (χ0n) is 17.0. The molecule has 33 heavy (non-hydrogen) atoms. The Morgan fingerprint density at radius 3 is 2.36 bits per heavy atom. The van der Waals surface area contributed by atoms with Crippen LogP contribution in [0.2, 0.25) is 0 Å². The van der Waals surface area contributed by atoms with Gasteiger partial charge in [0.2, 0.25) is 5.13 Å². The monoisotopic (exact) mass is 508 g/mol. The zero-order valence-corrected chi connectivity index (χ0v) is 19.5. The van der Waals surface area contributed by atoms with Gasteiger partial charge in [0.25, 0.3) is 20.2 Å². The number of thiazole rings is 1. The van der Waals surface area contributed by atoms with Crippen molar-refractivity contribution >= 4 is 58.4 Å². The highest BCUT2D eigenvalue weighted by Gasteiger charge is 2.18. The maximum Gasteiger partial charge on any atom is 0.294 e. The van der Waals surface area contributed by atoms with E-state index in [-0.39, 0.29) is 26.4 Å². The van der Waals surface area contributed by atoms with Crippen molar-refractivity contribution in [2.45, 2.75) is 23.6 Å². The predicted octanol–water partition coefficient (Wildman–Crippen LogP) is 3.59. The van der Waals surface area contributed by atoms with Gasteiger partial charge in [0.1, 0.15) is 0 Å². The van der Waals surface area contributed by atoms with Gasteiger partial charge in [-0.25, -0.2) is 9.67 Å². The summed E-state index contributed by atoms with van der Waals surface area (Å²) < 4.78 is 65.8. The fraction of sp³-hybridized carbons (Fsp3) is 0.111. The molecule has 4 aromatic rings. The van der Waals surface area contributed by atoms with E-state index in [1.165, 1.54) is 48.0 Å². The summed E-state index contributed by atoms with van der Waals surface area (Å²) in [6.07, 6.45) is 0. The van der Waals surface area contributed by atoms with Crippen molar-refractivity contribution in [2.24, 2.45) is 10.2 Å². The molecule has 0 atom stereocenters. The average molecular weight is 509 g/mol. The molecule has 0 amide bonds. The SMILES string of the molecule is Cc1cc(-n2nc(C)c(N=Nc3nc4ccc(S(=O)(=O)O)cc4s3)c2N)ccc1S(=O)(=O)O. The minimum absolute atomic E-state index is 0.144. The lowest BCUT2D eigenvalue weighted by molar-refractivity contribution is 0.480. The molecule has 0 unspecified atom stereocenters. The first-order chi connectivity index (χ1) is 15.3. The van der Waals surface area contributed by atoms with Crippen molar-refractivity contribution in [1.29, 1.82) is 0 Å². The van der Waals surface area contributed by atoms with E-state index in [0.717, 1.165) is 11.3 Å². The van der Waals surface area contributed by atoms with E-state index in [0.29, 0.717) is 27.2 Å². The van der Waals surface area contributed by atoms with Gasteiger partial charge in [0.15, 0.2) is 11.5 Å². The molecule has 0 fully saturated rings. The summed E-state index contributed by atoms with van der Waals surface area (Å²) in [4.78, 5) is 3.78. The fourth-order valence-corrected chi connectivity index (χ4v) is 5.21. The summed E-state index contributed by atoms with van der Waals surface area (Å²) in [7, 11) is -8.69. The van der Waals surface area contributed by atoms with Gasteiger partial charge < -0.3 is 5.73 Å². The van der Waals surface area contributed by atoms with Gasteiger partial charge in [0, 0.05) is 0 Å². The van der Waals surface area contributed by atoms with Crippen molar-refractivity contribution in [3.05, 3.63) is 47.7 Å². The summed E-state index contributed by atoms with van der Waals surface area (Å²) in [5.41, 5.74) is 8.15. The number of benzene rings is 2. The summed E-state index contributed by atoms with van der Waals surface area (Å²) in [5, 5.41) is 12.8. The van der Waals surface area contributed by atoms with Crippen molar-refractivity contribution in [1.82, 2.24) is 14.8 Å². The van der Waals surface area contributed by atoms with Crippen LogP contribution >= 0.6 is 11.3 Å². The summed E-state index contributed by atoms with van der Waals surface area (Å²) in [5.74, 6) is 0.144. The molecule has 0 aliphatic rings. The highest BCUT2D eigenvalue weighted by Crippen LogP contribution is 2.34. The van der Waals surface area contributed by atoms with E-state index >= 15 is 0 Å². The normalized spacial score (nSPS) is 12.7. The molecule has 15 heteroatoms. The molecule has 0 aliphatic heterocycles. The van der Waals surface area contributed by atoms with Gasteiger partial charge >= 0.3 is 0 Å². The Balaban J connectivity index is 1.68. The van der Waals surface area contributed by atoms with Gasteiger partial charge in [-0.1, -0.05) is 11.3 Å². The number of hydrogen-bond donors (Lipinski definition) is 3. The number of nitrogens with zero attached hydrogens (tertiary/aromatic N) is 5. The molecular weight excluding hydrogens is 492 g/mol. The van der Waals surface area contributed by atoms with E-state index in [2.05, 4.69) is 20.3 Å². The number of nitrogens with two attached hydrogens (primary N) is 1. The standard InChI is InChI=1S/C18H16N6O6S3/c1-9-7-11(3-6-15(9)33(28,29)30)24-17(19)16(10(2)23-24)21-22-18-20-13-5-4-12(32(25,26)27)8-14(13)31-18/h3-8H,19H2,1-2H3,(H,25,26,27)(H,28,29,30). The van der Waals surface area contributed by atoms with E-state index in [9.17, 15) is 25.9 Å². The Morgan fingerprint density at radius 1 is 1.00 bits per heavy atom. The first kappa shape index (κ1) is 22.9. The van der Waals surface area contributed by atoms with Crippen LogP contribution in [0.25, 0.3) is 15.9 Å². The maximum absolute atomic E-state index is 11.4. The molecule has 4 rings (SSSR count). The Kier molecular flexibility index (Phi) is 5.53. The quantitative estimate of drug-likeness (QED) is 0.267. The Hall–Kier alpha value is -3.24. The molecule has 0 aliphatic carbocycles. The minimum Gasteiger partial charge on any atom is -0.382 e. The van der Waals surface area contributed by atoms with Crippen LogP contribution in [0, 0.1) is 13.8 Å². The van der Waals surface area contributed by atoms with E-state index in [1.54, 1.807) is 6.92 Å². The molecule has 0 saturated carbocycles. The third-order valence-corrected chi connectivity index (χ3v) is 7.39. The van der Waals surface area contributed by atoms with Gasteiger partial charge in [-0.3, -0.25) is 9.11 Å². The van der Waals surface area contributed by atoms with Crippen molar-refractivity contribution in [3.8, 4) is 5.69 Å². The van der Waals surface area contributed by atoms with E-state index in [4.69, 9.17) is 5.73 Å². The van der Waals surface area contributed by atoms with Gasteiger partial charge in [-0.2, -0.15) is 21.9 Å². The number of anilines is 1. The predicted molar refractivity (Wildman–Crippen MR) is 121 cm³/mol. The van der Waals surface area contributed by atoms with Crippen LogP contribution in [0.4, 0.5) is 16.6 Å². The smallest absolute Gasteiger partial charge is 0.294 e. The van der Waals surface area contributed by atoms with Gasteiger partial charge in [-0.05, 0) is 55.8 Å². The molecule has 4 N–H and O–H groups in total. The molecule has 172 valence electrons. The number of rotatable bonds is 5. The largest absolute Gasteiger partial charge is 0.382 e. The highest BCUT2D eigenvalue weighted by molar-refractivity contribution is 7.86. The van der Waals surface area contributed by atoms with Crippen molar-refractivity contribution in [2.75, 3.05) is 5.73 Å². The molecular formula is C18H16N6O6S3. The summed E-state index contributed by atoms with van der Waals surface area (Å²) in [6, 6.07) is 8.18. The molecule has 12 nitrogen and oxygen atoms in total. The molecule has 0 spiro atoms. The van der Waals surface area contributed by atoms with Gasteiger partial charge in [-0.15, -0.1) is 10.2 Å². The Morgan fingerprint density at radius 2 is 1.73 bits per heavy atom. The molecule has 2 aromatic carbocycles.